The summed E-state index contributed by atoms with van der Waals surface area (Å²) < 4.78 is 7.09. The number of urea groups is 1. The molecule has 0 spiro atoms. The van der Waals surface area contributed by atoms with E-state index in [1.54, 1.807) is 31.4 Å². The fourth-order valence-corrected chi connectivity index (χ4v) is 2.92. The number of anilines is 1. The lowest BCUT2D eigenvalue weighted by Crippen LogP contribution is -2.28. The third-order valence-electron chi connectivity index (χ3n) is 4.48. The molecule has 0 atom stereocenters. The van der Waals surface area contributed by atoms with Crippen LogP contribution in [0.15, 0.2) is 54.6 Å². The predicted octanol–water partition coefficient (Wildman–Crippen LogP) is 3.88. The number of hydrogen-bond donors (Lipinski definition) is 2. The van der Waals surface area contributed by atoms with Crippen LogP contribution in [0.25, 0.3) is 0 Å². The summed E-state index contributed by atoms with van der Waals surface area (Å²) >= 11 is 0. The lowest BCUT2D eigenvalue weighted by Gasteiger charge is -2.09. The van der Waals surface area contributed by atoms with E-state index in [4.69, 9.17) is 4.74 Å². The first kappa shape index (κ1) is 18.5. The van der Waals surface area contributed by atoms with Crippen LogP contribution in [-0.4, -0.2) is 22.9 Å². The highest BCUT2D eigenvalue weighted by Gasteiger charge is 2.13. The van der Waals surface area contributed by atoms with Crippen LogP contribution in [0.1, 0.15) is 22.5 Å². The minimum Gasteiger partial charge on any atom is -0.497 e. The minimum atomic E-state index is -0.255. The Hall–Kier alpha value is -3.28. The van der Waals surface area contributed by atoms with Gasteiger partial charge < -0.3 is 15.4 Å². The Morgan fingerprint density at radius 3 is 2.44 bits per heavy atom. The second-order valence-electron chi connectivity index (χ2n) is 6.33. The maximum absolute atomic E-state index is 12.2. The van der Waals surface area contributed by atoms with E-state index in [0.717, 1.165) is 22.7 Å². The van der Waals surface area contributed by atoms with Gasteiger partial charge in [-0.15, -0.1) is 0 Å². The zero-order valence-electron chi connectivity index (χ0n) is 15.8. The molecule has 6 nitrogen and oxygen atoms in total. The number of nitrogens with zero attached hydrogens (tertiary/aromatic N) is 2. The zero-order chi connectivity index (χ0) is 19.2. The summed E-state index contributed by atoms with van der Waals surface area (Å²) in [7, 11) is 1.61. The van der Waals surface area contributed by atoms with Gasteiger partial charge in [-0.2, -0.15) is 5.10 Å². The van der Waals surface area contributed by atoms with Crippen molar-refractivity contribution in [1.82, 2.24) is 15.1 Å². The second kappa shape index (κ2) is 8.40. The summed E-state index contributed by atoms with van der Waals surface area (Å²) in [5.41, 5.74) is 4.92. The number of ether oxygens (including phenoxy) is 1. The number of benzene rings is 2. The molecule has 0 bridgehead atoms. The van der Waals surface area contributed by atoms with Gasteiger partial charge in [-0.05, 0) is 43.7 Å². The van der Waals surface area contributed by atoms with Crippen LogP contribution in [0.3, 0.4) is 0 Å². The SMILES string of the molecule is COc1ccc(NC(=O)NCc2c(C)nn(Cc3ccccc3)c2C)cc1. The number of carbonyl (C=O) groups excluding carboxylic acids is 1. The molecule has 0 fully saturated rings. The Kier molecular flexibility index (Phi) is 5.76. The van der Waals surface area contributed by atoms with Crippen LogP contribution < -0.4 is 15.4 Å². The van der Waals surface area contributed by atoms with Crippen molar-refractivity contribution in [3.05, 3.63) is 77.1 Å². The molecule has 0 saturated carbocycles. The number of rotatable bonds is 6. The summed E-state index contributed by atoms with van der Waals surface area (Å²) in [6.45, 7) is 5.13. The molecule has 0 aliphatic heterocycles. The molecule has 0 unspecified atom stereocenters. The summed E-state index contributed by atoms with van der Waals surface area (Å²) in [4.78, 5) is 12.2. The molecule has 1 aromatic heterocycles. The quantitative estimate of drug-likeness (QED) is 0.697. The van der Waals surface area contributed by atoms with Gasteiger partial charge >= 0.3 is 6.03 Å². The highest BCUT2D eigenvalue weighted by atomic mass is 16.5. The van der Waals surface area contributed by atoms with Crippen molar-refractivity contribution in [2.24, 2.45) is 0 Å². The van der Waals surface area contributed by atoms with E-state index in [1.807, 2.05) is 36.7 Å². The standard InChI is InChI=1S/C21H24N4O2/c1-15-20(16(2)25(24-15)14-17-7-5-4-6-8-17)13-22-21(26)23-18-9-11-19(27-3)12-10-18/h4-12H,13-14H2,1-3H3,(H2,22,23,26). The first-order valence-electron chi connectivity index (χ1n) is 8.82. The van der Waals surface area contributed by atoms with Crippen molar-refractivity contribution in [3.63, 3.8) is 0 Å². The van der Waals surface area contributed by atoms with Crippen LogP contribution in [0, 0.1) is 13.8 Å². The molecule has 6 heteroatoms. The lowest BCUT2D eigenvalue weighted by atomic mass is 10.2. The Labute approximate surface area is 159 Å². The van der Waals surface area contributed by atoms with Gasteiger partial charge in [0, 0.05) is 23.5 Å². The fourth-order valence-electron chi connectivity index (χ4n) is 2.92. The van der Waals surface area contributed by atoms with Crippen LogP contribution in [0.4, 0.5) is 10.5 Å². The monoisotopic (exact) mass is 364 g/mol. The maximum atomic E-state index is 12.2. The highest BCUT2D eigenvalue weighted by Crippen LogP contribution is 2.16. The molecule has 1 heterocycles. The van der Waals surface area contributed by atoms with Gasteiger partial charge in [-0.25, -0.2) is 4.79 Å². The number of carbonyl (C=O) groups is 1. The van der Waals surface area contributed by atoms with Gasteiger partial charge in [0.05, 0.1) is 19.3 Å². The van der Waals surface area contributed by atoms with Crippen LogP contribution >= 0.6 is 0 Å². The fraction of sp³-hybridized carbons (Fsp3) is 0.238. The van der Waals surface area contributed by atoms with Crippen LogP contribution in [0.5, 0.6) is 5.75 Å². The smallest absolute Gasteiger partial charge is 0.319 e. The summed E-state index contributed by atoms with van der Waals surface area (Å²) in [5.74, 6) is 0.748. The number of aryl methyl sites for hydroxylation is 1. The first-order valence-corrected chi connectivity index (χ1v) is 8.82. The molecule has 3 rings (SSSR count). The molecule has 0 saturated heterocycles. The van der Waals surface area contributed by atoms with E-state index in [0.29, 0.717) is 18.8 Å². The predicted molar refractivity (Wildman–Crippen MR) is 106 cm³/mol. The average Bonchev–Trinajstić information content (AvgIpc) is 2.94. The highest BCUT2D eigenvalue weighted by molar-refractivity contribution is 5.89. The van der Waals surface area contributed by atoms with Crippen molar-refractivity contribution in [3.8, 4) is 5.75 Å². The zero-order valence-corrected chi connectivity index (χ0v) is 15.8. The van der Waals surface area contributed by atoms with Gasteiger partial charge in [0.1, 0.15) is 5.75 Å². The van der Waals surface area contributed by atoms with Crippen molar-refractivity contribution in [2.45, 2.75) is 26.9 Å². The van der Waals surface area contributed by atoms with Gasteiger partial charge in [0.2, 0.25) is 0 Å². The van der Waals surface area contributed by atoms with Gasteiger partial charge in [0.15, 0.2) is 0 Å². The molecule has 27 heavy (non-hydrogen) atoms. The van der Waals surface area contributed by atoms with E-state index in [1.165, 1.54) is 5.56 Å². The lowest BCUT2D eigenvalue weighted by molar-refractivity contribution is 0.251. The van der Waals surface area contributed by atoms with Gasteiger partial charge in [0.25, 0.3) is 0 Å². The third-order valence-corrected chi connectivity index (χ3v) is 4.48. The Morgan fingerprint density at radius 1 is 1.07 bits per heavy atom. The van der Waals surface area contributed by atoms with E-state index in [9.17, 15) is 4.79 Å². The van der Waals surface area contributed by atoms with E-state index >= 15 is 0 Å². The van der Waals surface area contributed by atoms with Gasteiger partial charge in [-0.3, -0.25) is 4.68 Å². The molecule has 0 aliphatic carbocycles. The Bertz CT molecular complexity index is 902. The average molecular weight is 364 g/mol. The largest absolute Gasteiger partial charge is 0.497 e. The van der Waals surface area contributed by atoms with E-state index in [2.05, 4.69) is 27.9 Å². The molecular formula is C21H24N4O2. The molecule has 2 N–H and O–H groups in total. The van der Waals surface area contributed by atoms with Crippen LogP contribution in [-0.2, 0) is 13.1 Å². The molecule has 0 aliphatic rings. The van der Waals surface area contributed by atoms with Crippen LogP contribution in [0.2, 0.25) is 0 Å². The van der Waals surface area contributed by atoms with Gasteiger partial charge in [-0.1, -0.05) is 30.3 Å². The Balaban J connectivity index is 1.61. The van der Waals surface area contributed by atoms with E-state index in [-0.39, 0.29) is 6.03 Å². The minimum absolute atomic E-state index is 0.255. The molecule has 3 aromatic rings. The molecule has 2 aromatic carbocycles. The summed E-state index contributed by atoms with van der Waals surface area (Å²) in [6.07, 6.45) is 0. The molecular weight excluding hydrogens is 340 g/mol. The summed E-state index contributed by atoms with van der Waals surface area (Å²) in [5, 5.41) is 10.3. The number of aromatic nitrogens is 2. The molecule has 2 amide bonds. The molecule has 140 valence electrons. The van der Waals surface area contributed by atoms with Crippen molar-refractivity contribution >= 4 is 11.7 Å². The number of nitrogens with one attached hydrogen (secondary N) is 2. The summed E-state index contributed by atoms with van der Waals surface area (Å²) in [6, 6.07) is 17.2. The van der Waals surface area contributed by atoms with E-state index < -0.39 is 0 Å². The third kappa shape index (κ3) is 4.67. The molecule has 0 radical (unpaired) electrons. The normalized spacial score (nSPS) is 10.5. The first-order chi connectivity index (χ1) is 13.1. The van der Waals surface area contributed by atoms with Crippen molar-refractivity contribution < 1.29 is 9.53 Å². The number of amides is 2. The van der Waals surface area contributed by atoms with Crippen molar-refractivity contribution in [1.29, 1.82) is 0 Å². The van der Waals surface area contributed by atoms with Crippen molar-refractivity contribution in [2.75, 3.05) is 12.4 Å². The number of hydrogen-bond acceptors (Lipinski definition) is 3. The topological polar surface area (TPSA) is 68.2 Å². The number of methoxy groups -OCH3 is 1. The Morgan fingerprint density at radius 2 is 1.78 bits per heavy atom. The second-order valence-corrected chi connectivity index (χ2v) is 6.33. The maximum Gasteiger partial charge on any atom is 0.319 e.